The van der Waals surface area contributed by atoms with Crippen molar-refractivity contribution in [2.75, 3.05) is 0 Å². The Balaban J connectivity index is 2.57. The molecule has 0 heterocycles. The highest BCUT2D eigenvalue weighted by molar-refractivity contribution is 8.02. The van der Waals surface area contributed by atoms with Crippen molar-refractivity contribution in [2.45, 2.75) is 26.0 Å². The molecule has 0 fully saturated rings. The number of allylic oxidation sites excluding steroid dienone is 3. The van der Waals surface area contributed by atoms with Crippen LogP contribution in [0.4, 0.5) is 0 Å². The van der Waals surface area contributed by atoms with E-state index in [4.69, 9.17) is 0 Å². The average molecular weight is 270 g/mol. The van der Waals surface area contributed by atoms with Crippen molar-refractivity contribution >= 4 is 17.8 Å². The van der Waals surface area contributed by atoms with Crippen LogP contribution in [0, 0.1) is 6.92 Å². The van der Waals surface area contributed by atoms with Gasteiger partial charge >= 0.3 is 0 Å². The summed E-state index contributed by atoms with van der Waals surface area (Å²) in [6.45, 7) is 16.1. The van der Waals surface area contributed by atoms with Gasteiger partial charge in [-0.05, 0) is 42.5 Å². The fourth-order valence-electron chi connectivity index (χ4n) is 1.70. The summed E-state index contributed by atoms with van der Waals surface area (Å²) in [7, 11) is 0. The summed E-state index contributed by atoms with van der Waals surface area (Å²) in [5, 5.41) is 0. The van der Waals surface area contributed by atoms with Gasteiger partial charge in [-0.3, -0.25) is 0 Å². The molecule has 0 saturated heterocycles. The molecule has 19 heavy (non-hydrogen) atoms. The van der Waals surface area contributed by atoms with Gasteiger partial charge in [0.2, 0.25) is 0 Å². The van der Waals surface area contributed by atoms with Gasteiger partial charge < -0.3 is 0 Å². The molecular formula is C18H22S. The minimum atomic E-state index is 0.886. The van der Waals surface area contributed by atoms with E-state index in [0.29, 0.717) is 0 Å². The van der Waals surface area contributed by atoms with Crippen LogP contribution in [-0.2, 0) is 5.75 Å². The fourth-order valence-corrected chi connectivity index (χ4v) is 2.51. The normalized spacial score (nSPS) is 10.6. The monoisotopic (exact) mass is 270 g/mol. The standard InChI is InChI=1S/C18H22S/c1-6-8-9-14(3)16(5)19-13-17-10-11-18(7-2)15(4)12-17/h6-8,10-12H,2-3,5,9,13H2,1,4H3/b8-6-. The number of rotatable bonds is 7. The van der Waals surface area contributed by atoms with Crippen LogP contribution < -0.4 is 0 Å². The molecule has 0 nitrogen and oxygen atoms in total. The van der Waals surface area contributed by atoms with Gasteiger partial charge in [0, 0.05) is 10.7 Å². The van der Waals surface area contributed by atoms with Crippen LogP contribution >= 0.6 is 11.8 Å². The molecule has 0 aliphatic carbocycles. The molecule has 1 rings (SSSR count). The zero-order valence-electron chi connectivity index (χ0n) is 11.9. The van der Waals surface area contributed by atoms with E-state index in [0.717, 1.165) is 22.7 Å². The Morgan fingerprint density at radius 3 is 2.63 bits per heavy atom. The Labute approximate surface area is 121 Å². The molecular weight excluding hydrogens is 248 g/mol. The first-order chi connectivity index (χ1) is 9.08. The van der Waals surface area contributed by atoms with Gasteiger partial charge in [-0.2, -0.15) is 0 Å². The topological polar surface area (TPSA) is 0 Å². The summed E-state index contributed by atoms with van der Waals surface area (Å²) in [4.78, 5) is 1.07. The number of hydrogen-bond donors (Lipinski definition) is 0. The van der Waals surface area contributed by atoms with E-state index in [1.54, 1.807) is 11.8 Å². The van der Waals surface area contributed by atoms with Crippen molar-refractivity contribution < 1.29 is 0 Å². The first-order valence-electron chi connectivity index (χ1n) is 6.41. The van der Waals surface area contributed by atoms with Crippen molar-refractivity contribution in [3.05, 3.63) is 77.3 Å². The van der Waals surface area contributed by atoms with Gasteiger partial charge in [-0.15, -0.1) is 11.8 Å². The predicted molar refractivity (Wildman–Crippen MR) is 90.3 cm³/mol. The Kier molecular flexibility index (Phi) is 6.44. The van der Waals surface area contributed by atoms with Gasteiger partial charge in [0.1, 0.15) is 0 Å². The van der Waals surface area contributed by atoms with E-state index < -0.39 is 0 Å². The third kappa shape index (κ3) is 4.96. The highest BCUT2D eigenvalue weighted by Gasteiger charge is 2.02. The molecule has 0 radical (unpaired) electrons. The van der Waals surface area contributed by atoms with E-state index in [9.17, 15) is 0 Å². The van der Waals surface area contributed by atoms with Crippen LogP contribution in [0.2, 0.25) is 0 Å². The summed E-state index contributed by atoms with van der Waals surface area (Å²) >= 11 is 1.76. The first-order valence-corrected chi connectivity index (χ1v) is 7.40. The Morgan fingerprint density at radius 2 is 2.05 bits per heavy atom. The molecule has 0 saturated carbocycles. The lowest BCUT2D eigenvalue weighted by atomic mass is 10.1. The van der Waals surface area contributed by atoms with Crippen molar-refractivity contribution in [3.63, 3.8) is 0 Å². The third-order valence-electron chi connectivity index (χ3n) is 2.96. The van der Waals surface area contributed by atoms with Crippen molar-refractivity contribution in [3.8, 4) is 0 Å². The third-order valence-corrected chi connectivity index (χ3v) is 4.08. The molecule has 100 valence electrons. The number of aryl methyl sites for hydroxylation is 1. The molecule has 1 heteroatoms. The molecule has 0 amide bonds. The Hall–Kier alpha value is -1.47. The second-order valence-corrected chi connectivity index (χ2v) is 5.55. The summed E-state index contributed by atoms with van der Waals surface area (Å²) in [6.07, 6.45) is 6.93. The lowest BCUT2D eigenvalue weighted by molar-refractivity contribution is 1.28. The van der Waals surface area contributed by atoms with E-state index in [2.05, 4.69) is 50.9 Å². The number of hydrogen-bond acceptors (Lipinski definition) is 1. The fraction of sp³-hybridized carbons (Fsp3) is 0.222. The molecule has 1 aromatic rings. The lowest BCUT2D eigenvalue weighted by Crippen LogP contribution is -1.87. The second-order valence-electron chi connectivity index (χ2n) is 4.48. The van der Waals surface area contributed by atoms with E-state index in [1.807, 2.05) is 19.1 Å². The molecule has 0 atom stereocenters. The molecule has 1 aromatic carbocycles. The van der Waals surface area contributed by atoms with Crippen molar-refractivity contribution in [2.24, 2.45) is 0 Å². The highest BCUT2D eigenvalue weighted by atomic mass is 32.2. The molecule has 0 N–H and O–H groups in total. The van der Waals surface area contributed by atoms with Crippen LogP contribution in [0.5, 0.6) is 0 Å². The van der Waals surface area contributed by atoms with Crippen molar-refractivity contribution in [1.29, 1.82) is 0 Å². The SMILES string of the molecule is C=Cc1ccc(CSC(=C)C(=C)C/C=C\C)cc1C. The molecule has 0 aliphatic rings. The van der Waals surface area contributed by atoms with E-state index >= 15 is 0 Å². The molecule has 0 spiro atoms. The van der Waals surface area contributed by atoms with Gasteiger partial charge in [0.25, 0.3) is 0 Å². The minimum Gasteiger partial charge on any atom is -0.122 e. The average Bonchev–Trinajstić information content (AvgIpc) is 2.42. The van der Waals surface area contributed by atoms with Crippen LogP contribution in [-0.4, -0.2) is 0 Å². The van der Waals surface area contributed by atoms with Crippen molar-refractivity contribution in [1.82, 2.24) is 0 Å². The molecule has 0 aromatic heterocycles. The maximum absolute atomic E-state index is 4.09. The summed E-state index contributed by atoms with van der Waals surface area (Å²) in [6, 6.07) is 6.49. The maximum Gasteiger partial charge on any atom is 0.0231 e. The predicted octanol–water partition coefficient (Wildman–Crippen LogP) is 5.91. The van der Waals surface area contributed by atoms with E-state index in [1.165, 1.54) is 16.7 Å². The van der Waals surface area contributed by atoms with Gasteiger partial charge in [0.05, 0.1) is 0 Å². The second kappa shape index (κ2) is 7.85. The Morgan fingerprint density at radius 1 is 1.32 bits per heavy atom. The first kappa shape index (κ1) is 15.6. The van der Waals surface area contributed by atoms with Gasteiger partial charge in [-0.25, -0.2) is 0 Å². The Bertz CT molecular complexity index is 506. The van der Waals surface area contributed by atoms with E-state index in [-0.39, 0.29) is 0 Å². The number of benzene rings is 1. The zero-order chi connectivity index (χ0) is 14.3. The number of thioether (sulfide) groups is 1. The smallest absolute Gasteiger partial charge is 0.0231 e. The minimum absolute atomic E-state index is 0.886. The summed E-state index contributed by atoms with van der Waals surface area (Å²) in [5.74, 6) is 0.936. The molecule has 0 bridgehead atoms. The van der Waals surface area contributed by atoms with Crippen LogP contribution in [0.3, 0.4) is 0 Å². The lowest BCUT2D eigenvalue weighted by Gasteiger charge is -2.09. The van der Waals surface area contributed by atoms with Gasteiger partial charge in [-0.1, -0.05) is 56.2 Å². The quantitative estimate of drug-likeness (QED) is 0.438. The zero-order valence-corrected chi connectivity index (χ0v) is 12.7. The van der Waals surface area contributed by atoms with Crippen LogP contribution in [0.15, 0.2) is 60.6 Å². The summed E-state index contributed by atoms with van der Waals surface area (Å²) in [5.41, 5.74) is 4.88. The largest absolute Gasteiger partial charge is 0.122 e. The summed E-state index contributed by atoms with van der Waals surface area (Å²) < 4.78 is 0. The van der Waals surface area contributed by atoms with Crippen LogP contribution in [0.1, 0.15) is 30.0 Å². The van der Waals surface area contributed by atoms with Gasteiger partial charge in [0.15, 0.2) is 0 Å². The van der Waals surface area contributed by atoms with Crippen LogP contribution in [0.25, 0.3) is 6.08 Å². The maximum atomic E-state index is 4.09. The highest BCUT2D eigenvalue weighted by Crippen LogP contribution is 2.27. The molecule has 0 aliphatic heterocycles. The molecule has 0 unspecified atom stereocenters.